The Hall–Kier alpha value is -3.12. The first-order chi connectivity index (χ1) is 15.6. The van der Waals surface area contributed by atoms with Crippen LogP contribution in [-0.2, 0) is 12.4 Å². The maximum atomic E-state index is 13.5. The fourth-order valence-electron chi connectivity index (χ4n) is 3.53. The molecule has 0 fully saturated rings. The predicted octanol–water partition coefficient (Wildman–Crippen LogP) is 5.98. The van der Waals surface area contributed by atoms with Crippen LogP contribution in [0.4, 0.5) is 26.3 Å². The minimum atomic E-state index is -5.17. The molecule has 0 spiro atoms. The summed E-state index contributed by atoms with van der Waals surface area (Å²) in [6.45, 7) is 1.69. The molecular formula is C24H17F6N2P. The summed E-state index contributed by atoms with van der Waals surface area (Å²) in [5, 5.41) is 1.82. The Balaban J connectivity index is 1.94. The molecule has 33 heavy (non-hydrogen) atoms. The fourth-order valence-corrected chi connectivity index (χ4v) is 5.88. The van der Waals surface area contributed by atoms with Crippen LogP contribution in [0.5, 0.6) is 0 Å². The quantitative estimate of drug-likeness (QED) is 0.261. The van der Waals surface area contributed by atoms with Gasteiger partial charge in [-0.25, -0.2) is 4.98 Å². The van der Waals surface area contributed by atoms with Gasteiger partial charge in [-0.05, 0) is 35.7 Å². The van der Waals surface area contributed by atoms with Gasteiger partial charge in [-0.1, -0.05) is 60.7 Å². The van der Waals surface area contributed by atoms with Crippen LogP contribution in [0.2, 0.25) is 0 Å². The molecule has 0 aliphatic rings. The summed E-state index contributed by atoms with van der Waals surface area (Å²) in [6.07, 6.45) is -8.75. The van der Waals surface area contributed by atoms with E-state index in [2.05, 4.69) is 4.98 Å². The van der Waals surface area contributed by atoms with E-state index in [0.717, 1.165) is 16.7 Å². The molecule has 0 atom stereocenters. The van der Waals surface area contributed by atoms with Gasteiger partial charge in [-0.3, -0.25) is 4.57 Å². The molecule has 1 aromatic heterocycles. The van der Waals surface area contributed by atoms with Crippen LogP contribution in [0.1, 0.15) is 16.8 Å². The molecule has 0 amide bonds. The third kappa shape index (κ3) is 4.81. The van der Waals surface area contributed by atoms with Gasteiger partial charge in [0.05, 0.1) is 16.8 Å². The third-order valence-electron chi connectivity index (χ3n) is 4.93. The summed E-state index contributed by atoms with van der Waals surface area (Å²) >= 11 is 0. The average molecular weight is 478 g/mol. The second-order valence-electron chi connectivity index (χ2n) is 7.28. The van der Waals surface area contributed by atoms with Gasteiger partial charge < -0.3 is 0 Å². The zero-order valence-corrected chi connectivity index (χ0v) is 18.1. The molecule has 170 valence electrons. The van der Waals surface area contributed by atoms with Crippen molar-refractivity contribution in [1.29, 1.82) is 0 Å². The van der Waals surface area contributed by atoms with Crippen LogP contribution in [0, 0.1) is 6.92 Å². The van der Waals surface area contributed by atoms with Gasteiger partial charge in [0.25, 0.3) is 0 Å². The Bertz CT molecular complexity index is 1210. The summed E-state index contributed by atoms with van der Waals surface area (Å²) in [5.41, 5.74) is -2.48. The largest absolute Gasteiger partial charge is 0.417 e. The SMILES string of the molecule is Cc1cn(-c2ccc(C(F)(F)F)c(C(F)(F)F)c2)c(P(c2ccccc2)c2ccccc2)n1. The molecule has 0 saturated heterocycles. The molecule has 0 N–H and O–H groups in total. The van der Waals surface area contributed by atoms with Crippen molar-refractivity contribution in [2.45, 2.75) is 19.3 Å². The smallest absolute Gasteiger partial charge is 0.299 e. The second kappa shape index (κ2) is 8.67. The molecule has 4 aromatic rings. The number of nitrogens with zero attached hydrogens (tertiary/aromatic N) is 2. The van der Waals surface area contributed by atoms with E-state index in [1.807, 2.05) is 60.7 Å². The monoisotopic (exact) mass is 478 g/mol. The number of hydrogen-bond donors (Lipinski definition) is 0. The van der Waals surface area contributed by atoms with Gasteiger partial charge in [0.2, 0.25) is 0 Å². The van der Waals surface area contributed by atoms with E-state index in [0.29, 0.717) is 23.4 Å². The Labute approximate surface area is 187 Å². The summed E-state index contributed by atoms with van der Waals surface area (Å²) in [7, 11) is -1.29. The lowest BCUT2D eigenvalue weighted by molar-refractivity contribution is -0.162. The minimum absolute atomic E-state index is 0.0368. The van der Waals surface area contributed by atoms with Crippen LogP contribution in [-0.4, -0.2) is 9.55 Å². The number of rotatable bonds is 4. The van der Waals surface area contributed by atoms with Gasteiger partial charge >= 0.3 is 12.4 Å². The lowest BCUT2D eigenvalue weighted by Gasteiger charge is -2.21. The normalized spacial score (nSPS) is 12.4. The van der Waals surface area contributed by atoms with Crippen LogP contribution in [0.3, 0.4) is 0 Å². The highest BCUT2D eigenvalue weighted by Gasteiger charge is 2.43. The molecule has 0 unspecified atom stereocenters. The van der Waals surface area contributed by atoms with E-state index in [4.69, 9.17) is 0 Å². The van der Waals surface area contributed by atoms with Crippen LogP contribution in [0.25, 0.3) is 5.69 Å². The van der Waals surface area contributed by atoms with Crippen molar-refractivity contribution in [3.8, 4) is 5.69 Å². The molecule has 0 aliphatic carbocycles. The molecule has 1 heterocycles. The van der Waals surface area contributed by atoms with Crippen molar-refractivity contribution in [3.05, 3.63) is 102 Å². The number of benzene rings is 3. The molecule has 0 radical (unpaired) electrons. The lowest BCUT2D eigenvalue weighted by Crippen LogP contribution is -2.27. The van der Waals surface area contributed by atoms with Crippen molar-refractivity contribution >= 4 is 24.1 Å². The van der Waals surface area contributed by atoms with E-state index in [-0.39, 0.29) is 5.69 Å². The fraction of sp³-hybridized carbons (Fsp3) is 0.125. The Morgan fingerprint density at radius 3 is 1.70 bits per heavy atom. The molecule has 9 heteroatoms. The maximum absolute atomic E-state index is 13.5. The predicted molar refractivity (Wildman–Crippen MR) is 117 cm³/mol. The number of aromatic nitrogens is 2. The number of alkyl halides is 6. The van der Waals surface area contributed by atoms with Gasteiger partial charge in [0.15, 0.2) is 0 Å². The van der Waals surface area contributed by atoms with E-state index >= 15 is 0 Å². The van der Waals surface area contributed by atoms with Crippen molar-refractivity contribution in [2.75, 3.05) is 0 Å². The van der Waals surface area contributed by atoms with Crippen LogP contribution >= 0.6 is 7.92 Å². The summed E-state index contributed by atoms with van der Waals surface area (Å²) in [6, 6.07) is 20.8. The van der Waals surface area contributed by atoms with Crippen LogP contribution in [0.15, 0.2) is 85.1 Å². The summed E-state index contributed by atoms with van der Waals surface area (Å²) < 4.78 is 81.9. The van der Waals surface area contributed by atoms with Crippen molar-refractivity contribution < 1.29 is 26.3 Å². The first-order valence-corrected chi connectivity index (χ1v) is 11.1. The molecule has 0 aliphatic heterocycles. The van der Waals surface area contributed by atoms with Crippen LogP contribution < -0.4 is 16.2 Å². The van der Waals surface area contributed by atoms with E-state index < -0.39 is 31.4 Å². The summed E-state index contributed by atoms with van der Waals surface area (Å²) in [5.74, 6) is 0. The third-order valence-corrected chi connectivity index (χ3v) is 7.27. The molecular weight excluding hydrogens is 461 g/mol. The first kappa shape index (κ1) is 23.1. The second-order valence-corrected chi connectivity index (χ2v) is 9.39. The first-order valence-electron chi connectivity index (χ1n) is 9.81. The number of halogens is 6. The van der Waals surface area contributed by atoms with Gasteiger partial charge in [-0.15, -0.1) is 0 Å². The highest BCUT2D eigenvalue weighted by Crippen LogP contribution is 2.41. The molecule has 0 bridgehead atoms. The number of imidazole rings is 1. The standard InChI is InChI=1S/C24H17F6N2P/c1-16-15-32(17-12-13-20(23(25,26)27)21(14-17)24(28,29)30)22(31-16)33(18-8-4-2-5-9-18)19-10-6-3-7-11-19/h2-15H,1H3. The highest BCUT2D eigenvalue weighted by molar-refractivity contribution is 7.79. The molecule has 0 saturated carbocycles. The Kier molecular flexibility index (Phi) is 6.06. The van der Waals surface area contributed by atoms with Crippen molar-refractivity contribution in [2.24, 2.45) is 0 Å². The Morgan fingerprint density at radius 1 is 0.697 bits per heavy atom. The van der Waals surface area contributed by atoms with Gasteiger partial charge in [0.1, 0.15) is 5.57 Å². The van der Waals surface area contributed by atoms with E-state index in [1.165, 1.54) is 4.57 Å². The lowest BCUT2D eigenvalue weighted by atomic mass is 10.1. The minimum Gasteiger partial charge on any atom is -0.299 e. The van der Waals surface area contributed by atoms with Crippen molar-refractivity contribution in [1.82, 2.24) is 9.55 Å². The Morgan fingerprint density at radius 2 is 1.21 bits per heavy atom. The zero-order chi connectivity index (χ0) is 23.8. The van der Waals surface area contributed by atoms with Gasteiger partial charge in [-0.2, -0.15) is 26.3 Å². The molecule has 4 rings (SSSR count). The molecule has 3 aromatic carbocycles. The highest BCUT2D eigenvalue weighted by atomic mass is 31.1. The van der Waals surface area contributed by atoms with Crippen molar-refractivity contribution in [3.63, 3.8) is 0 Å². The molecule has 2 nitrogen and oxygen atoms in total. The maximum Gasteiger partial charge on any atom is 0.417 e. The average Bonchev–Trinajstić information content (AvgIpc) is 3.15. The van der Waals surface area contributed by atoms with E-state index in [1.54, 1.807) is 13.1 Å². The number of hydrogen-bond acceptors (Lipinski definition) is 1. The van der Waals surface area contributed by atoms with E-state index in [9.17, 15) is 26.3 Å². The van der Waals surface area contributed by atoms with Gasteiger partial charge in [0, 0.05) is 19.8 Å². The summed E-state index contributed by atoms with van der Waals surface area (Å²) in [4.78, 5) is 4.59. The topological polar surface area (TPSA) is 17.8 Å². The zero-order valence-electron chi connectivity index (χ0n) is 17.2. The number of aryl methyl sites for hydroxylation is 1.